The quantitative estimate of drug-likeness (QED) is 0.638. The van der Waals surface area contributed by atoms with Gasteiger partial charge in [-0.2, -0.15) is 0 Å². The van der Waals surface area contributed by atoms with Crippen molar-refractivity contribution in [3.05, 3.63) is 47.0 Å². The first-order valence-electron chi connectivity index (χ1n) is 10.0. The van der Waals surface area contributed by atoms with Crippen LogP contribution in [0.4, 0.5) is 0 Å². The molecule has 2 fully saturated rings. The summed E-state index contributed by atoms with van der Waals surface area (Å²) in [6.45, 7) is 1.49. The van der Waals surface area contributed by atoms with Crippen LogP contribution < -0.4 is 5.32 Å². The van der Waals surface area contributed by atoms with Gasteiger partial charge in [-0.15, -0.1) is 5.10 Å². The summed E-state index contributed by atoms with van der Waals surface area (Å²) in [5, 5.41) is 12.3. The summed E-state index contributed by atoms with van der Waals surface area (Å²) in [5.74, 6) is 1.50. The van der Waals surface area contributed by atoms with Gasteiger partial charge in [0.2, 0.25) is 5.91 Å². The molecule has 0 unspecified atom stereocenters. The van der Waals surface area contributed by atoms with Crippen molar-refractivity contribution < 1.29 is 4.79 Å². The van der Waals surface area contributed by atoms with Gasteiger partial charge in [0.1, 0.15) is 5.52 Å². The second kappa shape index (κ2) is 7.21. The van der Waals surface area contributed by atoms with E-state index in [1.807, 2.05) is 35.0 Å². The van der Waals surface area contributed by atoms with E-state index in [1.54, 1.807) is 0 Å². The minimum atomic E-state index is 0.148. The van der Waals surface area contributed by atoms with Crippen molar-refractivity contribution in [1.29, 1.82) is 0 Å². The molecule has 144 valence electrons. The SMILES string of the molecule is O=C(CC1CC1)NCc1ccc(-c2ccc3c(nnn3CC3CC3)c2Cl)cc1. The molecule has 0 saturated heterocycles. The normalized spacial score (nSPS) is 16.5. The number of carbonyl (C=O) groups excluding carboxylic acids is 1. The highest BCUT2D eigenvalue weighted by molar-refractivity contribution is 6.37. The second-order valence-electron chi connectivity index (χ2n) is 8.13. The molecule has 1 heterocycles. The van der Waals surface area contributed by atoms with E-state index in [4.69, 9.17) is 11.6 Å². The van der Waals surface area contributed by atoms with Crippen LogP contribution >= 0.6 is 11.6 Å². The van der Waals surface area contributed by atoms with Crippen molar-refractivity contribution >= 4 is 28.5 Å². The number of aromatic nitrogens is 3. The van der Waals surface area contributed by atoms with Crippen LogP contribution in [0.25, 0.3) is 22.2 Å². The number of nitrogens with zero attached hydrogens (tertiary/aromatic N) is 3. The number of fused-ring (bicyclic) bond motifs is 1. The first-order chi connectivity index (χ1) is 13.7. The fraction of sp³-hybridized carbons (Fsp3) is 0.409. The van der Waals surface area contributed by atoms with Gasteiger partial charge in [0.25, 0.3) is 0 Å². The summed E-state index contributed by atoms with van der Waals surface area (Å²) in [4.78, 5) is 11.9. The lowest BCUT2D eigenvalue weighted by atomic mass is 10.0. The average Bonchev–Trinajstić information content (AvgIpc) is 3.62. The molecule has 1 aromatic heterocycles. The van der Waals surface area contributed by atoms with Crippen molar-refractivity contribution in [1.82, 2.24) is 20.3 Å². The highest BCUT2D eigenvalue weighted by atomic mass is 35.5. The van der Waals surface area contributed by atoms with E-state index in [0.717, 1.165) is 40.2 Å². The Bertz CT molecular complexity index is 1020. The van der Waals surface area contributed by atoms with Crippen LogP contribution in [-0.2, 0) is 17.9 Å². The van der Waals surface area contributed by atoms with Gasteiger partial charge in [0.05, 0.1) is 10.5 Å². The Hall–Kier alpha value is -2.40. The Balaban J connectivity index is 1.31. The number of carbonyl (C=O) groups is 1. The van der Waals surface area contributed by atoms with Crippen LogP contribution in [0.3, 0.4) is 0 Å². The zero-order chi connectivity index (χ0) is 19.1. The molecule has 1 amide bonds. The zero-order valence-electron chi connectivity index (χ0n) is 15.7. The third-order valence-corrected chi connectivity index (χ3v) is 6.06. The van der Waals surface area contributed by atoms with E-state index >= 15 is 0 Å². The van der Waals surface area contributed by atoms with E-state index in [1.165, 1.54) is 25.7 Å². The molecule has 1 N–H and O–H groups in total. The van der Waals surface area contributed by atoms with E-state index in [0.29, 0.717) is 23.9 Å². The number of hydrogen-bond acceptors (Lipinski definition) is 3. The topological polar surface area (TPSA) is 59.8 Å². The van der Waals surface area contributed by atoms with Crippen molar-refractivity contribution in [3.8, 4) is 11.1 Å². The first-order valence-corrected chi connectivity index (χ1v) is 10.4. The van der Waals surface area contributed by atoms with Crippen molar-refractivity contribution in [2.75, 3.05) is 0 Å². The van der Waals surface area contributed by atoms with Gasteiger partial charge in [-0.1, -0.05) is 47.1 Å². The number of hydrogen-bond donors (Lipinski definition) is 1. The maximum atomic E-state index is 11.9. The molecule has 28 heavy (non-hydrogen) atoms. The molecule has 2 aliphatic rings. The molecule has 5 rings (SSSR count). The summed E-state index contributed by atoms with van der Waals surface area (Å²) in [7, 11) is 0. The van der Waals surface area contributed by atoms with Crippen molar-refractivity contribution in [2.24, 2.45) is 11.8 Å². The van der Waals surface area contributed by atoms with E-state index in [2.05, 4.69) is 21.7 Å². The minimum absolute atomic E-state index is 0.148. The highest BCUT2D eigenvalue weighted by Crippen LogP contribution is 2.35. The Morgan fingerprint density at radius 3 is 2.54 bits per heavy atom. The van der Waals surface area contributed by atoms with Gasteiger partial charge in [-0.3, -0.25) is 4.79 Å². The van der Waals surface area contributed by atoms with Crippen LogP contribution in [0.2, 0.25) is 5.02 Å². The predicted octanol–water partition coefficient (Wildman–Crippen LogP) is 4.58. The Labute approximate surface area is 169 Å². The third kappa shape index (κ3) is 3.76. The third-order valence-electron chi connectivity index (χ3n) is 5.68. The molecule has 2 saturated carbocycles. The van der Waals surface area contributed by atoms with Gasteiger partial charge in [-0.25, -0.2) is 4.68 Å². The molecule has 0 atom stereocenters. The molecule has 0 aliphatic heterocycles. The number of nitrogens with one attached hydrogen (secondary N) is 1. The van der Waals surface area contributed by atoms with Crippen LogP contribution in [0.15, 0.2) is 36.4 Å². The lowest BCUT2D eigenvalue weighted by molar-refractivity contribution is -0.121. The molecular formula is C22H23ClN4O. The fourth-order valence-electron chi connectivity index (χ4n) is 3.57. The molecule has 0 radical (unpaired) electrons. The number of amides is 1. The molecule has 2 aliphatic carbocycles. The number of rotatable bonds is 7. The maximum absolute atomic E-state index is 11.9. The van der Waals surface area contributed by atoms with Gasteiger partial charge in [0, 0.05) is 25.1 Å². The Morgan fingerprint density at radius 1 is 1.07 bits per heavy atom. The molecule has 3 aromatic rings. The Morgan fingerprint density at radius 2 is 1.82 bits per heavy atom. The summed E-state index contributed by atoms with van der Waals surface area (Å²) in [6, 6.07) is 12.3. The summed E-state index contributed by atoms with van der Waals surface area (Å²) < 4.78 is 1.97. The van der Waals surface area contributed by atoms with E-state index in [9.17, 15) is 4.79 Å². The molecule has 0 spiro atoms. The number of benzene rings is 2. The first kappa shape index (κ1) is 17.7. The molecule has 2 aromatic carbocycles. The van der Waals surface area contributed by atoms with Crippen LogP contribution in [0.5, 0.6) is 0 Å². The van der Waals surface area contributed by atoms with E-state index in [-0.39, 0.29) is 5.91 Å². The van der Waals surface area contributed by atoms with Gasteiger partial charge >= 0.3 is 0 Å². The standard InChI is InChI=1S/C22H23ClN4O/c23-21-18(9-10-19-22(21)25-26-27(19)13-16-3-4-16)17-7-5-15(6-8-17)12-24-20(28)11-14-1-2-14/h5-10,14,16H,1-4,11-13H2,(H,24,28). The second-order valence-corrected chi connectivity index (χ2v) is 8.51. The van der Waals surface area contributed by atoms with Gasteiger partial charge in [-0.05, 0) is 54.7 Å². The molecule has 6 heteroatoms. The predicted molar refractivity (Wildman–Crippen MR) is 110 cm³/mol. The van der Waals surface area contributed by atoms with Crippen LogP contribution in [-0.4, -0.2) is 20.9 Å². The monoisotopic (exact) mass is 394 g/mol. The van der Waals surface area contributed by atoms with Crippen molar-refractivity contribution in [3.63, 3.8) is 0 Å². The van der Waals surface area contributed by atoms with Gasteiger partial charge < -0.3 is 5.32 Å². The molecular weight excluding hydrogens is 372 g/mol. The minimum Gasteiger partial charge on any atom is -0.352 e. The lowest BCUT2D eigenvalue weighted by Crippen LogP contribution is -2.22. The number of halogens is 1. The summed E-state index contributed by atoms with van der Waals surface area (Å²) >= 11 is 6.67. The smallest absolute Gasteiger partial charge is 0.220 e. The Kier molecular flexibility index (Phi) is 4.55. The summed E-state index contributed by atoms with van der Waals surface area (Å²) in [6.07, 6.45) is 5.61. The average molecular weight is 395 g/mol. The molecule has 5 nitrogen and oxygen atoms in total. The zero-order valence-corrected chi connectivity index (χ0v) is 16.5. The summed E-state index contributed by atoms with van der Waals surface area (Å²) in [5.41, 5.74) is 4.83. The fourth-order valence-corrected chi connectivity index (χ4v) is 3.87. The van der Waals surface area contributed by atoms with Crippen LogP contribution in [0, 0.1) is 11.8 Å². The lowest BCUT2D eigenvalue weighted by Gasteiger charge is -2.08. The largest absolute Gasteiger partial charge is 0.352 e. The van der Waals surface area contributed by atoms with Gasteiger partial charge in [0.15, 0.2) is 0 Å². The molecule has 0 bridgehead atoms. The van der Waals surface area contributed by atoms with E-state index < -0.39 is 0 Å². The van der Waals surface area contributed by atoms with Crippen molar-refractivity contribution in [2.45, 2.75) is 45.2 Å². The van der Waals surface area contributed by atoms with Crippen LogP contribution in [0.1, 0.15) is 37.7 Å². The maximum Gasteiger partial charge on any atom is 0.220 e. The highest BCUT2D eigenvalue weighted by Gasteiger charge is 2.24.